The van der Waals surface area contributed by atoms with Crippen molar-refractivity contribution < 1.29 is 33.0 Å². The number of nitrogens with one attached hydrogen (secondary N) is 1. The maximum atomic E-state index is 13.9. The zero-order valence-corrected chi connectivity index (χ0v) is 18.7. The molecule has 2 atom stereocenters. The van der Waals surface area contributed by atoms with Crippen LogP contribution < -0.4 is 5.32 Å². The number of hydrogen-bond acceptors (Lipinski definition) is 4. The highest BCUT2D eigenvalue weighted by Gasteiger charge is 2.49. The van der Waals surface area contributed by atoms with E-state index in [4.69, 9.17) is 9.84 Å². The Morgan fingerprint density at radius 3 is 2.26 bits per heavy atom. The van der Waals surface area contributed by atoms with Crippen LogP contribution in [0.25, 0.3) is 11.1 Å². The number of alkyl halides is 2. The van der Waals surface area contributed by atoms with Gasteiger partial charge in [0.25, 0.3) is 5.92 Å². The normalized spacial score (nSPS) is 19.6. The third kappa shape index (κ3) is 4.47. The van der Waals surface area contributed by atoms with Crippen LogP contribution in [0.1, 0.15) is 36.8 Å². The van der Waals surface area contributed by atoms with Crippen LogP contribution in [-0.2, 0) is 14.3 Å². The largest absolute Gasteiger partial charge is 0.481 e. The highest BCUT2D eigenvalue weighted by Crippen LogP contribution is 2.44. The number of likely N-dealkylation sites (tertiary alicyclic amines) is 1. The zero-order valence-electron chi connectivity index (χ0n) is 18.7. The maximum absolute atomic E-state index is 13.9. The molecule has 2 N–H and O–H groups in total. The second-order valence-electron chi connectivity index (χ2n) is 8.62. The molecule has 9 heteroatoms. The van der Waals surface area contributed by atoms with Gasteiger partial charge in [0.2, 0.25) is 5.91 Å². The Hall–Kier alpha value is -3.49. The van der Waals surface area contributed by atoms with Crippen molar-refractivity contribution in [1.82, 2.24) is 10.2 Å². The van der Waals surface area contributed by atoms with Crippen molar-refractivity contribution in [3.05, 3.63) is 59.7 Å². The molecule has 34 heavy (non-hydrogen) atoms. The van der Waals surface area contributed by atoms with Crippen LogP contribution in [0.2, 0.25) is 0 Å². The summed E-state index contributed by atoms with van der Waals surface area (Å²) in [6.45, 7) is 0.851. The summed E-state index contributed by atoms with van der Waals surface area (Å²) in [7, 11) is 0. The zero-order chi connectivity index (χ0) is 24.5. The molecule has 1 aliphatic carbocycles. The number of rotatable bonds is 6. The fraction of sp³-hybridized carbons (Fsp3) is 0.400. The molecule has 2 aromatic carbocycles. The molecular formula is C25H26F2N2O5. The average molecular weight is 472 g/mol. The molecule has 2 aliphatic rings. The van der Waals surface area contributed by atoms with Gasteiger partial charge in [0.05, 0.1) is 0 Å². The quantitative estimate of drug-likeness (QED) is 0.666. The Bertz CT molecular complexity index is 1060. The summed E-state index contributed by atoms with van der Waals surface area (Å²) in [5.41, 5.74) is 4.27. The van der Waals surface area contributed by atoms with Gasteiger partial charge in [-0.05, 0) is 28.7 Å². The molecule has 1 aliphatic heterocycles. The molecule has 180 valence electrons. The molecule has 1 heterocycles. The number of amides is 2. The number of carbonyl (C=O) groups excluding carboxylic acids is 2. The van der Waals surface area contributed by atoms with E-state index in [1.807, 2.05) is 48.5 Å². The number of halogens is 2. The molecule has 0 saturated carbocycles. The second-order valence-corrected chi connectivity index (χ2v) is 8.62. The number of carboxylic acids is 1. The first-order chi connectivity index (χ1) is 16.2. The predicted molar refractivity (Wildman–Crippen MR) is 120 cm³/mol. The van der Waals surface area contributed by atoms with E-state index in [-0.39, 0.29) is 25.5 Å². The smallest absolute Gasteiger partial charge is 0.407 e. The Morgan fingerprint density at radius 1 is 1.12 bits per heavy atom. The van der Waals surface area contributed by atoms with E-state index in [9.17, 15) is 23.2 Å². The molecule has 2 aromatic rings. The molecule has 1 saturated heterocycles. The van der Waals surface area contributed by atoms with Gasteiger partial charge in [0.15, 0.2) is 0 Å². The van der Waals surface area contributed by atoms with E-state index in [0.29, 0.717) is 0 Å². The number of alkyl carbamates (subject to hydrolysis) is 1. The van der Waals surface area contributed by atoms with Crippen molar-refractivity contribution in [2.75, 3.05) is 19.7 Å². The molecular weight excluding hydrogens is 446 g/mol. The summed E-state index contributed by atoms with van der Waals surface area (Å²) in [6, 6.07) is 14.8. The number of benzene rings is 2. The van der Waals surface area contributed by atoms with Crippen LogP contribution in [0.5, 0.6) is 0 Å². The topological polar surface area (TPSA) is 95.9 Å². The number of aliphatic carboxylic acids is 1. The first kappa shape index (κ1) is 23.7. The fourth-order valence-electron chi connectivity index (χ4n) is 4.70. The van der Waals surface area contributed by atoms with Gasteiger partial charge >= 0.3 is 12.1 Å². The van der Waals surface area contributed by atoms with Crippen molar-refractivity contribution in [2.24, 2.45) is 5.92 Å². The molecule has 1 fully saturated rings. The predicted octanol–water partition coefficient (Wildman–Crippen LogP) is 3.87. The minimum absolute atomic E-state index is 0.0709. The van der Waals surface area contributed by atoms with Crippen LogP contribution in [0, 0.1) is 5.92 Å². The Labute approximate surface area is 195 Å². The van der Waals surface area contributed by atoms with Crippen LogP contribution in [0.3, 0.4) is 0 Å². The van der Waals surface area contributed by atoms with E-state index in [0.717, 1.165) is 27.2 Å². The highest BCUT2D eigenvalue weighted by molar-refractivity contribution is 5.86. The summed E-state index contributed by atoms with van der Waals surface area (Å²) >= 11 is 0. The van der Waals surface area contributed by atoms with Gasteiger partial charge in [-0.15, -0.1) is 0 Å². The van der Waals surface area contributed by atoms with Crippen molar-refractivity contribution >= 4 is 18.0 Å². The van der Waals surface area contributed by atoms with E-state index in [1.165, 1.54) is 0 Å². The lowest BCUT2D eigenvalue weighted by molar-refractivity contribution is -0.169. The van der Waals surface area contributed by atoms with Gasteiger partial charge in [-0.3, -0.25) is 9.59 Å². The second kappa shape index (κ2) is 9.40. The summed E-state index contributed by atoms with van der Waals surface area (Å²) in [5, 5.41) is 11.6. The summed E-state index contributed by atoms with van der Waals surface area (Å²) < 4.78 is 33.3. The van der Waals surface area contributed by atoms with Crippen LogP contribution in [0.4, 0.5) is 13.6 Å². The number of nitrogens with zero attached hydrogens (tertiary/aromatic N) is 1. The number of hydrogen-bond donors (Lipinski definition) is 2. The van der Waals surface area contributed by atoms with E-state index in [1.54, 1.807) is 6.92 Å². The van der Waals surface area contributed by atoms with Gasteiger partial charge in [-0.2, -0.15) is 0 Å². The van der Waals surface area contributed by atoms with Gasteiger partial charge in [-0.1, -0.05) is 55.5 Å². The molecule has 0 spiro atoms. The van der Waals surface area contributed by atoms with E-state index in [2.05, 4.69) is 5.32 Å². The maximum Gasteiger partial charge on any atom is 0.407 e. The van der Waals surface area contributed by atoms with Crippen LogP contribution >= 0.6 is 0 Å². The van der Waals surface area contributed by atoms with Crippen molar-refractivity contribution in [2.45, 2.75) is 37.6 Å². The highest BCUT2D eigenvalue weighted by atomic mass is 19.3. The number of carboxylic acid groups (broad SMARTS) is 1. The third-order valence-corrected chi connectivity index (χ3v) is 6.58. The fourth-order valence-corrected chi connectivity index (χ4v) is 4.70. The minimum atomic E-state index is -3.38. The monoisotopic (exact) mass is 472 g/mol. The van der Waals surface area contributed by atoms with Crippen LogP contribution in [-0.4, -0.2) is 59.6 Å². The van der Waals surface area contributed by atoms with Crippen LogP contribution in [0.15, 0.2) is 48.5 Å². The lowest BCUT2D eigenvalue weighted by Gasteiger charge is -2.37. The summed E-state index contributed by atoms with van der Waals surface area (Å²) in [6.07, 6.45) is -1.33. The summed E-state index contributed by atoms with van der Waals surface area (Å²) in [4.78, 5) is 37.7. The van der Waals surface area contributed by atoms with Gasteiger partial charge in [0, 0.05) is 25.4 Å². The number of carbonyl (C=O) groups is 3. The summed E-state index contributed by atoms with van der Waals surface area (Å²) in [5.74, 6) is -7.76. The average Bonchev–Trinajstić information content (AvgIpc) is 3.14. The Morgan fingerprint density at radius 2 is 1.71 bits per heavy atom. The standard InChI is InChI=1S/C25H26F2N2O5/c1-2-21(22(30)29-12-11-25(26,27)20(13-29)23(31)32)28-24(33)34-14-19-17-9-5-3-7-15(17)16-8-4-6-10-18(16)19/h3-10,19-21H,2,11-14H2,1H3,(H,28,33)(H,31,32)/t20?,21-/m1/s1. The molecule has 0 bridgehead atoms. The van der Waals surface area contributed by atoms with E-state index < -0.39 is 48.8 Å². The molecule has 1 unspecified atom stereocenters. The lowest BCUT2D eigenvalue weighted by Crippen LogP contribution is -2.56. The van der Waals surface area contributed by atoms with E-state index >= 15 is 0 Å². The molecule has 0 radical (unpaired) electrons. The molecule has 2 amide bonds. The Balaban J connectivity index is 1.39. The van der Waals surface area contributed by atoms with Crippen molar-refractivity contribution in [1.29, 1.82) is 0 Å². The Kier molecular flexibility index (Phi) is 6.54. The molecule has 0 aromatic heterocycles. The van der Waals surface area contributed by atoms with Gasteiger partial charge in [0.1, 0.15) is 18.6 Å². The molecule has 4 rings (SSSR count). The van der Waals surface area contributed by atoms with Crippen molar-refractivity contribution in [3.63, 3.8) is 0 Å². The minimum Gasteiger partial charge on any atom is -0.481 e. The lowest BCUT2D eigenvalue weighted by atomic mass is 9.93. The number of ether oxygens (including phenoxy) is 1. The number of fused-ring (bicyclic) bond motifs is 3. The third-order valence-electron chi connectivity index (χ3n) is 6.58. The first-order valence-electron chi connectivity index (χ1n) is 11.2. The molecule has 7 nitrogen and oxygen atoms in total. The van der Waals surface area contributed by atoms with Gasteiger partial charge in [-0.25, -0.2) is 13.6 Å². The first-order valence-corrected chi connectivity index (χ1v) is 11.2. The van der Waals surface area contributed by atoms with Gasteiger partial charge < -0.3 is 20.1 Å². The SMILES string of the molecule is CC[C@@H](NC(=O)OCC1c2ccccc2-c2ccccc21)C(=O)N1CCC(F)(F)C(C(=O)O)C1. The number of piperidine rings is 1. The van der Waals surface area contributed by atoms with Crippen molar-refractivity contribution in [3.8, 4) is 11.1 Å².